The fourth-order valence-electron chi connectivity index (χ4n) is 1.36. The zero-order chi connectivity index (χ0) is 13.9. The number of amides is 1. The van der Waals surface area contributed by atoms with Crippen LogP contribution in [0.5, 0.6) is 0 Å². The molecule has 0 heterocycles. The van der Waals surface area contributed by atoms with Gasteiger partial charge in [-0.15, -0.1) is 0 Å². The van der Waals surface area contributed by atoms with Gasteiger partial charge >= 0.3 is 0 Å². The molecule has 1 unspecified atom stereocenters. The van der Waals surface area contributed by atoms with Gasteiger partial charge in [-0.25, -0.2) is 13.1 Å². The maximum atomic E-state index is 12.0. The molecule has 7 heteroatoms. The van der Waals surface area contributed by atoms with E-state index in [4.69, 9.17) is 11.5 Å². The van der Waals surface area contributed by atoms with Crippen molar-refractivity contribution in [2.75, 3.05) is 5.73 Å². The molecule has 1 aromatic carbocycles. The van der Waals surface area contributed by atoms with Crippen molar-refractivity contribution in [1.82, 2.24) is 4.72 Å². The number of nitrogens with two attached hydrogens (primary N) is 2. The molecule has 5 N–H and O–H groups in total. The van der Waals surface area contributed by atoms with Crippen LogP contribution in [0.4, 0.5) is 5.69 Å². The van der Waals surface area contributed by atoms with Crippen LogP contribution in [0.25, 0.3) is 0 Å². The quantitative estimate of drug-likeness (QED) is 0.674. The van der Waals surface area contributed by atoms with Gasteiger partial charge in [-0.1, -0.05) is 6.92 Å². The predicted octanol–water partition coefficient (Wildman–Crippen LogP) is 0.444. The Hall–Kier alpha value is -1.60. The minimum Gasteiger partial charge on any atom is -0.398 e. The fourth-order valence-corrected chi connectivity index (χ4v) is 2.80. The number of hydrogen-bond acceptors (Lipinski definition) is 4. The summed E-state index contributed by atoms with van der Waals surface area (Å²) in [5.74, 6) is -0.652. The number of primary amides is 1. The maximum absolute atomic E-state index is 12.0. The highest BCUT2D eigenvalue weighted by molar-refractivity contribution is 7.89. The SMILES string of the molecule is CCC(C)NS(=O)(=O)c1ccc(C(N)=O)cc1N. The van der Waals surface area contributed by atoms with Crippen LogP contribution in [0.2, 0.25) is 0 Å². The Morgan fingerprint density at radius 2 is 2.06 bits per heavy atom. The number of carbonyl (C=O) groups excluding carboxylic acids is 1. The van der Waals surface area contributed by atoms with Crippen LogP contribution in [-0.4, -0.2) is 20.4 Å². The lowest BCUT2D eigenvalue weighted by molar-refractivity contribution is 0.1000. The summed E-state index contributed by atoms with van der Waals surface area (Å²) in [7, 11) is -3.67. The Balaban J connectivity index is 3.14. The van der Waals surface area contributed by atoms with Crippen LogP contribution in [0.15, 0.2) is 23.1 Å². The Labute approximate surface area is 106 Å². The standard InChI is InChI=1S/C11H17N3O3S/c1-3-7(2)14-18(16,17)10-5-4-8(11(13)15)6-9(10)12/h4-7,14H,3,12H2,1-2H3,(H2,13,15). The van der Waals surface area contributed by atoms with Crippen LogP contribution in [0.1, 0.15) is 30.6 Å². The average molecular weight is 271 g/mol. The highest BCUT2D eigenvalue weighted by Gasteiger charge is 2.20. The summed E-state index contributed by atoms with van der Waals surface area (Å²) >= 11 is 0. The van der Waals surface area contributed by atoms with Crippen molar-refractivity contribution in [2.24, 2.45) is 5.73 Å². The summed E-state index contributed by atoms with van der Waals surface area (Å²) in [6, 6.07) is 3.68. The minimum absolute atomic E-state index is 0.00195. The third kappa shape index (κ3) is 3.21. The molecule has 0 saturated carbocycles. The van der Waals surface area contributed by atoms with Crippen molar-refractivity contribution in [1.29, 1.82) is 0 Å². The lowest BCUT2D eigenvalue weighted by Crippen LogP contribution is -2.32. The van der Waals surface area contributed by atoms with E-state index in [2.05, 4.69) is 4.72 Å². The van der Waals surface area contributed by atoms with Gasteiger partial charge in [0, 0.05) is 11.6 Å². The molecule has 0 aliphatic heterocycles. The summed E-state index contributed by atoms with van der Waals surface area (Å²) in [4.78, 5) is 10.9. The van der Waals surface area contributed by atoms with E-state index < -0.39 is 15.9 Å². The number of benzene rings is 1. The minimum atomic E-state index is -3.67. The molecule has 0 fully saturated rings. The van der Waals surface area contributed by atoms with Gasteiger partial charge in [-0.2, -0.15) is 0 Å². The van der Waals surface area contributed by atoms with Crippen molar-refractivity contribution in [2.45, 2.75) is 31.2 Å². The van der Waals surface area contributed by atoms with E-state index in [1.807, 2.05) is 6.92 Å². The van der Waals surface area contributed by atoms with Gasteiger partial charge in [-0.05, 0) is 31.5 Å². The topological polar surface area (TPSA) is 115 Å². The number of hydrogen-bond donors (Lipinski definition) is 3. The second-order valence-electron chi connectivity index (χ2n) is 4.05. The highest BCUT2D eigenvalue weighted by atomic mass is 32.2. The van der Waals surface area contributed by atoms with Gasteiger partial charge < -0.3 is 11.5 Å². The summed E-state index contributed by atoms with van der Waals surface area (Å²) in [6.45, 7) is 3.62. The van der Waals surface area contributed by atoms with Crippen molar-refractivity contribution in [3.8, 4) is 0 Å². The number of sulfonamides is 1. The normalized spacial score (nSPS) is 13.2. The van der Waals surface area contributed by atoms with E-state index in [0.717, 1.165) is 0 Å². The average Bonchev–Trinajstić information content (AvgIpc) is 2.27. The Morgan fingerprint density at radius 1 is 1.44 bits per heavy atom. The molecule has 0 aromatic heterocycles. The molecule has 0 aliphatic carbocycles. The number of carbonyl (C=O) groups is 1. The summed E-state index contributed by atoms with van der Waals surface area (Å²) in [6.07, 6.45) is 0.665. The van der Waals surface area contributed by atoms with Crippen molar-refractivity contribution in [3.63, 3.8) is 0 Å². The zero-order valence-electron chi connectivity index (χ0n) is 10.3. The molecule has 1 rings (SSSR count). The molecule has 0 radical (unpaired) electrons. The zero-order valence-corrected chi connectivity index (χ0v) is 11.1. The number of nitrogens with one attached hydrogen (secondary N) is 1. The molecule has 1 atom stereocenters. The lowest BCUT2D eigenvalue weighted by atomic mass is 10.2. The first kappa shape index (κ1) is 14.5. The Morgan fingerprint density at radius 3 is 2.50 bits per heavy atom. The summed E-state index contributed by atoms with van der Waals surface area (Å²) in [5, 5.41) is 0. The summed E-state index contributed by atoms with van der Waals surface area (Å²) in [5.41, 5.74) is 10.9. The number of nitrogen functional groups attached to an aromatic ring is 1. The lowest BCUT2D eigenvalue weighted by Gasteiger charge is -2.13. The predicted molar refractivity (Wildman–Crippen MR) is 69.4 cm³/mol. The van der Waals surface area contributed by atoms with Crippen LogP contribution >= 0.6 is 0 Å². The van der Waals surface area contributed by atoms with E-state index >= 15 is 0 Å². The van der Waals surface area contributed by atoms with Crippen LogP contribution < -0.4 is 16.2 Å². The molecule has 0 spiro atoms. The molecule has 100 valence electrons. The molecular weight excluding hydrogens is 254 g/mol. The molecular formula is C11H17N3O3S. The molecule has 1 amide bonds. The van der Waals surface area contributed by atoms with Gasteiger partial charge in [-0.3, -0.25) is 4.79 Å². The number of anilines is 1. The number of rotatable bonds is 5. The van der Waals surface area contributed by atoms with Gasteiger partial charge in [0.1, 0.15) is 4.90 Å². The largest absolute Gasteiger partial charge is 0.398 e. The first-order valence-corrected chi connectivity index (χ1v) is 6.98. The summed E-state index contributed by atoms with van der Waals surface area (Å²) < 4.78 is 26.5. The van der Waals surface area contributed by atoms with Gasteiger partial charge in [0.15, 0.2) is 0 Å². The van der Waals surface area contributed by atoms with Gasteiger partial charge in [0.25, 0.3) is 0 Å². The first-order valence-electron chi connectivity index (χ1n) is 5.49. The first-order chi connectivity index (χ1) is 8.27. The molecule has 6 nitrogen and oxygen atoms in total. The van der Waals surface area contributed by atoms with E-state index in [1.54, 1.807) is 6.92 Å². The van der Waals surface area contributed by atoms with Gasteiger partial charge in [0.05, 0.1) is 5.69 Å². The molecule has 18 heavy (non-hydrogen) atoms. The second-order valence-corrected chi connectivity index (χ2v) is 5.73. The monoisotopic (exact) mass is 271 g/mol. The van der Waals surface area contributed by atoms with Crippen LogP contribution in [0.3, 0.4) is 0 Å². The molecule has 0 aliphatic rings. The Kier molecular flexibility index (Phi) is 4.31. The molecule has 0 bridgehead atoms. The third-order valence-corrected chi connectivity index (χ3v) is 4.22. The highest BCUT2D eigenvalue weighted by Crippen LogP contribution is 2.20. The van der Waals surface area contributed by atoms with Crippen molar-refractivity contribution < 1.29 is 13.2 Å². The van der Waals surface area contributed by atoms with E-state index in [1.165, 1.54) is 18.2 Å². The van der Waals surface area contributed by atoms with Crippen molar-refractivity contribution >= 4 is 21.6 Å². The Bertz CT molecular complexity index is 555. The van der Waals surface area contributed by atoms with Gasteiger partial charge in [0.2, 0.25) is 15.9 Å². The van der Waals surface area contributed by atoms with Crippen LogP contribution in [-0.2, 0) is 10.0 Å². The molecule has 1 aromatic rings. The van der Waals surface area contributed by atoms with Crippen molar-refractivity contribution in [3.05, 3.63) is 23.8 Å². The van der Waals surface area contributed by atoms with E-state index in [0.29, 0.717) is 6.42 Å². The van der Waals surface area contributed by atoms with E-state index in [9.17, 15) is 13.2 Å². The fraction of sp³-hybridized carbons (Fsp3) is 0.364. The second kappa shape index (κ2) is 5.36. The third-order valence-electron chi connectivity index (χ3n) is 2.55. The van der Waals surface area contributed by atoms with E-state index in [-0.39, 0.29) is 22.2 Å². The smallest absolute Gasteiger partial charge is 0.248 e. The molecule has 0 saturated heterocycles. The maximum Gasteiger partial charge on any atom is 0.248 e. The van der Waals surface area contributed by atoms with Crippen LogP contribution in [0, 0.1) is 0 Å².